The van der Waals surface area contributed by atoms with Crippen molar-refractivity contribution in [2.75, 3.05) is 22.6 Å². The van der Waals surface area contributed by atoms with Crippen molar-refractivity contribution in [3.8, 4) is 11.3 Å². The van der Waals surface area contributed by atoms with Crippen LogP contribution >= 0.6 is 0 Å². The maximum absolute atomic E-state index is 13.0. The first-order chi connectivity index (χ1) is 17.5. The largest absolute Gasteiger partial charge is 0.364 e. The molecule has 34 heavy (non-hydrogen) atoms. The molecule has 8 nitrogen and oxygen atoms in total. The number of ketones is 1. The summed E-state index contributed by atoms with van der Waals surface area (Å²) in [6, 6.07) is 7.52. The van der Waals surface area contributed by atoms with Crippen LogP contribution in [0.5, 0.6) is 0 Å². The van der Waals surface area contributed by atoms with E-state index in [9.17, 15) is 9.59 Å². The van der Waals surface area contributed by atoms with Crippen molar-refractivity contribution in [2.24, 2.45) is 5.92 Å². The van der Waals surface area contributed by atoms with Gasteiger partial charge in [0.15, 0.2) is 11.6 Å². The third-order valence-corrected chi connectivity index (χ3v) is 6.42. The maximum Gasteiger partial charge on any atom is 0.228 e. The predicted octanol–water partition coefficient (Wildman–Crippen LogP) is 5.04. The number of fused-ring (bicyclic) bond motifs is 3. The standard InChI is InChI=1S/C26H28N6O2/c1-5-21(33)19-13-28-22(31-26(34)16-8-9-16)12-20(19)30-25-24-18(11-14(2)29-25)23-17(7-6-10-27-23)15(3)32(24)4/h6-7,10-13,15-16H,5,8-9H2,1-4H3,(H2,28,29,30,31,34)/t15-/m0/s1/i1D3. The van der Waals surface area contributed by atoms with E-state index in [0.29, 0.717) is 11.5 Å². The quantitative estimate of drug-likeness (QED) is 0.498. The SMILES string of the molecule is [2H]C([2H])([2H])CC(=O)c1cnc(NC(=O)C2CC2)cc1Nc1nc(C)cc2c1N(C)[C@@H](C)c1cccnc1-2. The second-order valence-electron chi connectivity index (χ2n) is 8.84. The normalized spacial score (nSPS) is 18.1. The fourth-order valence-electron chi connectivity index (χ4n) is 4.32. The molecule has 3 aromatic rings. The van der Waals surface area contributed by atoms with Crippen LogP contribution in [0.25, 0.3) is 11.3 Å². The lowest BCUT2D eigenvalue weighted by atomic mass is 9.93. The fraction of sp³-hybridized carbons (Fsp3) is 0.346. The second kappa shape index (κ2) is 8.52. The van der Waals surface area contributed by atoms with Crippen LogP contribution in [0.1, 0.15) is 64.8 Å². The van der Waals surface area contributed by atoms with Gasteiger partial charge in [-0.05, 0) is 38.8 Å². The van der Waals surface area contributed by atoms with E-state index in [2.05, 4.69) is 38.5 Å². The summed E-state index contributed by atoms with van der Waals surface area (Å²) >= 11 is 0. The number of aryl methyl sites for hydroxylation is 1. The molecule has 0 bridgehead atoms. The second-order valence-corrected chi connectivity index (χ2v) is 8.84. The fourth-order valence-corrected chi connectivity index (χ4v) is 4.32. The molecule has 4 heterocycles. The molecule has 1 aliphatic carbocycles. The van der Waals surface area contributed by atoms with Crippen molar-refractivity contribution >= 4 is 34.7 Å². The summed E-state index contributed by atoms with van der Waals surface area (Å²) in [6.07, 6.45) is 4.11. The average Bonchev–Trinajstić information content (AvgIpc) is 3.67. The number of carbonyl (C=O) groups excluding carboxylic acids is 2. The number of hydrogen-bond donors (Lipinski definition) is 2. The molecular formula is C26H28N6O2. The van der Waals surface area contributed by atoms with Crippen LogP contribution < -0.4 is 15.5 Å². The number of carbonyl (C=O) groups is 2. The summed E-state index contributed by atoms with van der Waals surface area (Å²) in [4.78, 5) is 41.0. The van der Waals surface area contributed by atoms with E-state index in [4.69, 9.17) is 9.10 Å². The number of aromatic nitrogens is 3. The Morgan fingerprint density at radius 1 is 1.26 bits per heavy atom. The van der Waals surface area contributed by atoms with Gasteiger partial charge in [-0.3, -0.25) is 14.6 Å². The average molecular weight is 460 g/mol. The van der Waals surface area contributed by atoms with Crippen molar-refractivity contribution in [3.63, 3.8) is 0 Å². The van der Waals surface area contributed by atoms with Gasteiger partial charge in [-0.1, -0.05) is 12.9 Å². The van der Waals surface area contributed by atoms with Gasteiger partial charge in [-0.25, -0.2) is 9.97 Å². The Morgan fingerprint density at radius 2 is 2.09 bits per heavy atom. The Kier molecular flexibility index (Phi) is 4.66. The van der Waals surface area contributed by atoms with Gasteiger partial charge in [0.2, 0.25) is 5.91 Å². The lowest BCUT2D eigenvalue weighted by Gasteiger charge is -2.36. The highest BCUT2D eigenvalue weighted by Gasteiger charge is 2.31. The molecule has 8 heteroatoms. The minimum Gasteiger partial charge on any atom is -0.364 e. The molecular weight excluding hydrogens is 428 g/mol. The molecule has 1 saturated carbocycles. The maximum atomic E-state index is 13.0. The number of amides is 1. The van der Waals surface area contributed by atoms with Crippen LogP contribution in [-0.4, -0.2) is 33.7 Å². The lowest BCUT2D eigenvalue weighted by molar-refractivity contribution is -0.117. The van der Waals surface area contributed by atoms with Crippen molar-refractivity contribution in [1.82, 2.24) is 15.0 Å². The Morgan fingerprint density at radius 3 is 2.85 bits per heavy atom. The zero-order chi connectivity index (χ0) is 26.5. The van der Waals surface area contributed by atoms with Gasteiger partial charge in [-0.15, -0.1) is 0 Å². The third-order valence-electron chi connectivity index (χ3n) is 6.42. The minimum atomic E-state index is -2.43. The van der Waals surface area contributed by atoms with Crippen LogP contribution in [0.2, 0.25) is 0 Å². The molecule has 1 fully saturated rings. The van der Waals surface area contributed by atoms with Crippen LogP contribution in [0, 0.1) is 12.8 Å². The molecule has 3 aromatic heterocycles. The molecule has 1 atom stereocenters. The van der Waals surface area contributed by atoms with Crippen LogP contribution in [-0.2, 0) is 4.79 Å². The first kappa shape index (κ1) is 18.6. The van der Waals surface area contributed by atoms with Gasteiger partial charge in [0, 0.05) is 58.8 Å². The molecule has 0 unspecified atom stereocenters. The van der Waals surface area contributed by atoms with E-state index in [1.807, 2.05) is 26.1 Å². The van der Waals surface area contributed by atoms with Crippen molar-refractivity contribution in [2.45, 2.75) is 46.0 Å². The minimum absolute atomic E-state index is 0.0174. The molecule has 174 valence electrons. The highest BCUT2D eigenvalue weighted by Crippen LogP contribution is 2.46. The van der Waals surface area contributed by atoms with Crippen molar-refractivity contribution < 1.29 is 13.7 Å². The van der Waals surface area contributed by atoms with E-state index in [1.165, 1.54) is 6.20 Å². The first-order valence-electron chi connectivity index (χ1n) is 12.8. The zero-order valence-electron chi connectivity index (χ0n) is 22.3. The topological polar surface area (TPSA) is 100 Å². The lowest BCUT2D eigenvalue weighted by Crippen LogP contribution is -2.28. The van der Waals surface area contributed by atoms with Crippen LogP contribution in [0.3, 0.4) is 0 Å². The number of pyridine rings is 3. The summed E-state index contributed by atoms with van der Waals surface area (Å²) in [7, 11) is 1.97. The summed E-state index contributed by atoms with van der Waals surface area (Å²) in [5.41, 5.74) is 4.84. The monoisotopic (exact) mass is 459 g/mol. The van der Waals surface area contributed by atoms with Crippen molar-refractivity contribution in [1.29, 1.82) is 0 Å². The molecule has 0 spiro atoms. The number of rotatable bonds is 6. The van der Waals surface area contributed by atoms with Gasteiger partial charge >= 0.3 is 0 Å². The van der Waals surface area contributed by atoms with E-state index in [0.717, 1.165) is 41.0 Å². The molecule has 1 aliphatic heterocycles. The Bertz CT molecular complexity index is 1400. The van der Waals surface area contributed by atoms with Gasteiger partial charge in [-0.2, -0.15) is 0 Å². The van der Waals surface area contributed by atoms with E-state index in [1.54, 1.807) is 12.3 Å². The number of Topliss-reactive ketones (excluding diaryl/α,β-unsaturated/α-hetero) is 1. The van der Waals surface area contributed by atoms with Crippen molar-refractivity contribution in [3.05, 3.63) is 53.5 Å². The Balaban J connectivity index is 1.60. The molecule has 0 saturated heterocycles. The van der Waals surface area contributed by atoms with Crippen LogP contribution in [0.4, 0.5) is 23.0 Å². The molecule has 2 aliphatic rings. The Labute approximate surface area is 203 Å². The number of nitrogens with one attached hydrogen (secondary N) is 2. The van der Waals surface area contributed by atoms with Gasteiger partial charge in [0.25, 0.3) is 0 Å². The molecule has 0 aromatic carbocycles. The van der Waals surface area contributed by atoms with E-state index >= 15 is 0 Å². The van der Waals surface area contributed by atoms with E-state index in [-0.39, 0.29) is 29.2 Å². The van der Waals surface area contributed by atoms with Gasteiger partial charge in [0.1, 0.15) is 5.82 Å². The van der Waals surface area contributed by atoms with E-state index < -0.39 is 19.1 Å². The smallest absolute Gasteiger partial charge is 0.228 e. The molecule has 2 N–H and O–H groups in total. The highest BCUT2D eigenvalue weighted by molar-refractivity contribution is 6.03. The highest BCUT2D eigenvalue weighted by atomic mass is 16.2. The molecule has 1 amide bonds. The van der Waals surface area contributed by atoms with Gasteiger partial charge < -0.3 is 15.5 Å². The Hall–Kier alpha value is -3.81. The summed E-state index contributed by atoms with van der Waals surface area (Å²) in [6.45, 7) is 1.52. The predicted molar refractivity (Wildman–Crippen MR) is 133 cm³/mol. The third kappa shape index (κ3) is 3.89. The van der Waals surface area contributed by atoms with Crippen LogP contribution in [0.15, 0.2) is 36.7 Å². The first-order valence-corrected chi connectivity index (χ1v) is 11.3. The number of nitrogens with zero attached hydrogens (tertiary/aromatic N) is 4. The number of anilines is 4. The number of hydrogen-bond acceptors (Lipinski definition) is 7. The zero-order valence-corrected chi connectivity index (χ0v) is 19.3. The summed E-state index contributed by atoms with van der Waals surface area (Å²) < 4.78 is 22.7. The molecule has 0 radical (unpaired) electrons. The van der Waals surface area contributed by atoms with Gasteiger partial charge in [0.05, 0.1) is 28.7 Å². The summed E-state index contributed by atoms with van der Waals surface area (Å²) in [5, 5.41) is 6.07. The summed E-state index contributed by atoms with van der Waals surface area (Å²) in [5.74, 6) is 0.0465. The molecule has 5 rings (SSSR count).